The fourth-order valence-corrected chi connectivity index (χ4v) is 1.83. The Balaban J connectivity index is 1.90. The third-order valence-electron chi connectivity index (χ3n) is 2.79. The van der Waals surface area contributed by atoms with Gasteiger partial charge in [-0.2, -0.15) is 5.10 Å². The van der Waals surface area contributed by atoms with Crippen LogP contribution < -0.4 is 10.2 Å². The number of halogens is 1. The van der Waals surface area contributed by atoms with Crippen LogP contribution in [0.3, 0.4) is 0 Å². The summed E-state index contributed by atoms with van der Waals surface area (Å²) in [5, 5.41) is 13.9. The molecular weight excluding hydrogens is 304 g/mol. The molecule has 0 bridgehead atoms. The number of benzene rings is 2. The maximum absolute atomic E-state index is 11.9. The van der Waals surface area contributed by atoms with Gasteiger partial charge in [-0.1, -0.05) is 29.8 Å². The standard InChI is InChI=1S/C16H15ClN2O3/c1-11(22-14-7-4-6-13(17)9-14)16(21)19-18-10-12-5-2-3-8-15(12)20/h2-11,20H,1H3,(H,19,21)/b18-10-/t11-/m1/s1. The second kappa shape index (κ2) is 7.47. The van der Waals surface area contributed by atoms with E-state index in [1.165, 1.54) is 12.3 Å². The minimum atomic E-state index is -0.736. The Morgan fingerprint density at radius 1 is 1.32 bits per heavy atom. The van der Waals surface area contributed by atoms with Gasteiger partial charge in [0.15, 0.2) is 6.10 Å². The molecule has 0 aromatic heterocycles. The molecule has 1 amide bonds. The van der Waals surface area contributed by atoms with Crippen molar-refractivity contribution in [3.63, 3.8) is 0 Å². The first-order valence-electron chi connectivity index (χ1n) is 6.59. The average Bonchev–Trinajstić information content (AvgIpc) is 2.49. The summed E-state index contributed by atoms with van der Waals surface area (Å²) >= 11 is 5.85. The predicted molar refractivity (Wildman–Crippen MR) is 85.4 cm³/mol. The Morgan fingerprint density at radius 3 is 2.82 bits per heavy atom. The molecule has 2 N–H and O–H groups in total. The van der Waals surface area contributed by atoms with Gasteiger partial charge in [0, 0.05) is 10.6 Å². The number of hydrogen-bond donors (Lipinski definition) is 2. The molecule has 2 rings (SSSR count). The molecule has 2 aromatic carbocycles. The number of phenolic OH excluding ortho intramolecular Hbond substituents is 1. The zero-order valence-electron chi connectivity index (χ0n) is 11.9. The molecule has 0 radical (unpaired) electrons. The molecule has 22 heavy (non-hydrogen) atoms. The highest BCUT2D eigenvalue weighted by Crippen LogP contribution is 2.18. The minimum Gasteiger partial charge on any atom is -0.507 e. The number of rotatable bonds is 5. The molecule has 0 aliphatic heterocycles. The molecule has 0 saturated carbocycles. The molecule has 0 aliphatic carbocycles. The third-order valence-corrected chi connectivity index (χ3v) is 3.03. The normalized spacial score (nSPS) is 12.1. The fraction of sp³-hybridized carbons (Fsp3) is 0.125. The van der Waals surface area contributed by atoms with Crippen molar-refractivity contribution in [2.45, 2.75) is 13.0 Å². The molecule has 0 spiro atoms. The Bertz CT molecular complexity index is 689. The number of hydrogen-bond acceptors (Lipinski definition) is 4. The number of phenols is 1. The molecule has 114 valence electrons. The summed E-state index contributed by atoms with van der Waals surface area (Å²) in [6.45, 7) is 1.60. The number of ether oxygens (including phenoxy) is 1. The van der Waals surface area contributed by atoms with Crippen molar-refractivity contribution in [1.82, 2.24) is 5.43 Å². The maximum Gasteiger partial charge on any atom is 0.280 e. The van der Waals surface area contributed by atoms with Crippen LogP contribution in [0.4, 0.5) is 0 Å². The Hall–Kier alpha value is -2.53. The van der Waals surface area contributed by atoms with E-state index in [1.807, 2.05) is 0 Å². The summed E-state index contributed by atoms with van der Waals surface area (Å²) in [5.41, 5.74) is 2.86. The number of nitrogens with zero attached hydrogens (tertiary/aromatic N) is 1. The highest BCUT2D eigenvalue weighted by atomic mass is 35.5. The summed E-state index contributed by atoms with van der Waals surface area (Å²) in [6, 6.07) is 13.5. The van der Waals surface area contributed by atoms with Crippen LogP contribution in [-0.4, -0.2) is 23.3 Å². The topological polar surface area (TPSA) is 70.9 Å². The smallest absolute Gasteiger partial charge is 0.280 e. The number of carbonyl (C=O) groups excluding carboxylic acids is 1. The van der Waals surface area contributed by atoms with Gasteiger partial charge in [-0.25, -0.2) is 5.43 Å². The lowest BCUT2D eigenvalue weighted by Crippen LogP contribution is -2.33. The molecule has 0 heterocycles. The van der Waals surface area contributed by atoms with E-state index in [0.29, 0.717) is 16.3 Å². The van der Waals surface area contributed by atoms with E-state index < -0.39 is 12.0 Å². The monoisotopic (exact) mass is 318 g/mol. The Morgan fingerprint density at radius 2 is 2.09 bits per heavy atom. The van der Waals surface area contributed by atoms with Crippen LogP contribution in [0.15, 0.2) is 53.6 Å². The average molecular weight is 319 g/mol. The number of carbonyl (C=O) groups is 1. The SMILES string of the molecule is C[C@@H](Oc1cccc(Cl)c1)C(=O)N/N=C\c1ccccc1O. The predicted octanol–water partition coefficient (Wildman–Crippen LogP) is 2.96. The first-order valence-corrected chi connectivity index (χ1v) is 6.97. The van der Waals surface area contributed by atoms with E-state index >= 15 is 0 Å². The lowest BCUT2D eigenvalue weighted by molar-refractivity contribution is -0.127. The number of amides is 1. The van der Waals surface area contributed by atoms with E-state index in [2.05, 4.69) is 10.5 Å². The quantitative estimate of drug-likeness (QED) is 0.657. The van der Waals surface area contributed by atoms with Crippen molar-refractivity contribution >= 4 is 23.7 Å². The summed E-state index contributed by atoms with van der Waals surface area (Å²) in [6.07, 6.45) is 0.624. The number of aromatic hydroxyl groups is 1. The van der Waals surface area contributed by atoms with Gasteiger partial charge in [0.2, 0.25) is 0 Å². The van der Waals surface area contributed by atoms with Crippen LogP contribution in [-0.2, 0) is 4.79 Å². The van der Waals surface area contributed by atoms with E-state index in [-0.39, 0.29) is 5.75 Å². The number of nitrogens with one attached hydrogen (secondary N) is 1. The Kier molecular flexibility index (Phi) is 5.38. The van der Waals surface area contributed by atoms with Crippen LogP contribution >= 0.6 is 11.6 Å². The first-order chi connectivity index (χ1) is 10.6. The van der Waals surface area contributed by atoms with Crippen LogP contribution in [0, 0.1) is 0 Å². The largest absolute Gasteiger partial charge is 0.507 e. The molecule has 2 aromatic rings. The van der Waals surface area contributed by atoms with Gasteiger partial charge in [0.05, 0.1) is 6.21 Å². The molecule has 0 saturated heterocycles. The van der Waals surface area contributed by atoms with Crippen LogP contribution in [0.2, 0.25) is 5.02 Å². The highest BCUT2D eigenvalue weighted by Gasteiger charge is 2.13. The van der Waals surface area contributed by atoms with Crippen molar-refractivity contribution in [1.29, 1.82) is 0 Å². The molecule has 6 heteroatoms. The van der Waals surface area contributed by atoms with Crippen LogP contribution in [0.25, 0.3) is 0 Å². The van der Waals surface area contributed by atoms with Gasteiger partial charge in [-0.3, -0.25) is 4.79 Å². The lowest BCUT2D eigenvalue weighted by Gasteiger charge is -2.12. The molecule has 1 atom stereocenters. The van der Waals surface area contributed by atoms with E-state index in [1.54, 1.807) is 49.4 Å². The minimum absolute atomic E-state index is 0.0868. The molecule has 0 fully saturated rings. The van der Waals surface area contributed by atoms with Gasteiger partial charge in [-0.05, 0) is 37.3 Å². The van der Waals surface area contributed by atoms with Gasteiger partial charge >= 0.3 is 0 Å². The van der Waals surface area contributed by atoms with Gasteiger partial charge < -0.3 is 9.84 Å². The summed E-state index contributed by atoms with van der Waals surface area (Å²) in [4.78, 5) is 11.9. The number of para-hydroxylation sites is 1. The molecule has 0 unspecified atom stereocenters. The summed E-state index contributed by atoms with van der Waals surface area (Å²) in [5.74, 6) is 0.176. The summed E-state index contributed by atoms with van der Waals surface area (Å²) < 4.78 is 5.46. The van der Waals surface area contributed by atoms with Crippen molar-refractivity contribution in [3.05, 3.63) is 59.1 Å². The summed E-state index contributed by atoms with van der Waals surface area (Å²) in [7, 11) is 0. The van der Waals surface area contributed by atoms with Gasteiger partial charge in [-0.15, -0.1) is 0 Å². The maximum atomic E-state index is 11.9. The molecular formula is C16H15ClN2O3. The van der Waals surface area contributed by atoms with Crippen molar-refractivity contribution in [3.8, 4) is 11.5 Å². The number of hydrazone groups is 1. The van der Waals surface area contributed by atoms with Crippen LogP contribution in [0.1, 0.15) is 12.5 Å². The highest BCUT2D eigenvalue weighted by molar-refractivity contribution is 6.30. The zero-order chi connectivity index (χ0) is 15.9. The molecule has 0 aliphatic rings. The van der Waals surface area contributed by atoms with E-state index in [4.69, 9.17) is 16.3 Å². The first kappa shape index (κ1) is 15.9. The van der Waals surface area contributed by atoms with E-state index in [9.17, 15) is 9.90 Å². The second-order valence-electron chi connectivity index (χ2n) is 4.51. The Labute approximate surface area is 133 Å². The molecule has 5 nitrogen and oxygen atoms in total. The van der Waals surface area contributed by atoms with Crippen LogP contribution in [0.5, 0.6) is 11.5 Å². The van der Waals surface area contributed by atoms with Crippen molar-refractivity contribution < 1.29 is 14.6 Å². The fourth-order valence-electron chi connectivity index (χ4n) is 1.65. The van der Waals surface area contributed by atoms with E-state index in [0.717, 1.165) is 0 Å². The zero-order valence-corrected chi connectivity index (χ0v) is 12.6. The van der Waals surface area contributed by atoms with Crippen molar-refractivity contribution in [2.24, 2.45) is 5.10 Å². The van der Waals surface area contributed by atoms with Gasteiger partial charge in [0.25, 0.3) is 5.91 Å². The van der Waals surface area contributed by atoms with Crippen molar-refractivity contribution in [2.75, 3.05) is 0 Å². The third kappa shape index (κ3) is 4.49. The second-order valence-corrected chi connectivity index (χ2v) is 4.95. The van der Waals surface area contributed by atoms with Gasteiger partial charge in [0.1, 0.15) is 11.5 Å². The lowest BCUT2D eigenvalue weighted by atomic mass is 10.2.